The lowest BCUT2D eigenvalue weighted by Gasteiger charge is -2.76. The van der Waals surface area contributed by atoms with Crippen LogP contribution in [0.2, 0.25) is 0 Å². The van der Waals surface area contributed by atoms with Crippen molar-refractivity contribution in [2.45, 2.75) is 195 Å². The van der Waals surface area contributed by atoms with Gasteiger partial charge in [-0.25, -0.2) is 4.79 Å². The minimum atomic E-state index is -1.88. The Balaban J connectivity index is 0.866. The van der Waals surface area contributed by atoms with Gasteiger partial charge in [0.25, 0.3) is 0 Å². The maximum absolute atomic E-state index is 16.1. The zero-order chi connectivity index (χ0) is 58.3. The number of likely N-dealkylation sites (N-methyl/N-ethyl adjacent to an activating group) is 1. The second-order valence-electron chi connectivity index (χ2n) is 31.6. The van der Waals surface area contributed by atoms with Gasteiger partial charge in [-0.2, -0.15) is 0 Å². The van der Waals surface area contributed by atoms with E-state index >= 15 is 20.1 Å². The molecule has 86 heavy (non-hydrogen) atoms. The summed E-state index contributed by atoms with van der Waals surface area (Å²) in [4.78, 5) is 30.3. The molecule has 2 spiro atoms. The highest BCUT2D eigenvalue weighted by Gasteiger charge is 2.88. The van der Waals surface area contributed by atoms with Gasteiger partial charge in [0.05, 0.1) is 42.0 Å². The third-order valence-electron chi connectivity index (χ3n) is 29.4. The molecule has 1 saturated heterocycles. The van der Waals surface area contributed by atoms with Gasteiger partial charge in [-0.15, -0.1) is 0 Å². The highest BCUT2D eigenvalue weighted by molar-refractivity contribution is 5.87. The number of hydrogen-bond acceptors (Lipinski definition) is 10. The number of nitrogens with one attached hydrogen (secondary N) is 1. The number of allylic oxidation sites excluding steroid dienone is 2. The van der Waals surface area contributed by atoms with Crippen LogP contribution in [0.15, 0.2) is 96.6 Å². The summed E-state index contributed by atoms with van der Waals surface area (Å²) >= 11 is 0. The Morgan fingerprint density at radius 3 is 2.43 bits per heavy atom. The Kier molecular flexibility index (Phi) is 12.8. The van der Waals surface area contributed by atoms with Crippen LogP contribution in [0.4, 0.5) is 0 Å². The van der Waals surface area contributed by atoms with E-state index in [4.69, 9.17) is 9.47 Å². The van der Waals surface area contributed by atoms with Crippen LogP contribution < -0.4 is 5.32 Å². The number of rotatable bonds is 5. The van der Waals surface area contributed by atoms with Crippen LogP contribution in [0.25, 0.3) is 0 Å². The second kappa shape index (κ2) is 19.8. The summed E-state index contributed by atoms with van der Waals surface area (Å²) in [6.45, 7) is -0.475. The van der Waals surface area contributed by atoms with Crippen molar-refractivity contribution in [2.75, 3.05) is 13.7 Å². The number of aldehydes is 1. The molecule has 454 valence electrons. The molecule has 25 atom stereocenters. The molecular weight excluding hydrogens is 1070 g/mol. The first kappa shape index (κ1) is 55.6. The lowest BCUT2D eigenvalue weighted by atomic mass is 9.31. The SMILES string of the molecule is CN[C@H]1Cc2c(cccc2CO)C#CCC[C@]23CC[C@H]4[C@@](O)(C[C@@H]5C[C@@H]6[C@@H]7CC=C[C@@H]6C[C@@H]6[C@H]8O[C@H](Cc9cccc(c9)C[C@H]9CC[C@H]7C9)C[C@H]7C[C@@H]9C[C@@H](c%10ccccc%10)CC[C@@H]9[C@]78C[C@@]4(C=O)[C@]56O)[C@@]2(O)C[C@@H]2C[C@@H]1[C@@H]1OC(=O)C=C1[C@@]23CO. The van der Waals surface area contributed by atoms with Crippen molar-refractivity contribution in [3.05, 3.63) is 130 Å². The highest BCUT2D eigenvalue weighted by Crippen LogP contribution is 2.84. The fourth-order valence-corrected chi connectivity index (χ4v) is 26.6. The number of fused-ring (bicyclic) bond motifs is 13. The largest absolute Gasteiger partial charge is 0.454 e. The van der Waals surface area contributed by atoms with E-state index in [1.54, 1.807) is 6.08 Å². The number of ether oxygens (including phenoxy) is 2. The monoisotopic (exact) mass is 1160 g/mol. The molecule has 9 saturated carbocycles. The molecule has 0 amide bonds. The van der Waals surface area contributed by atoms with Gasteiger partial charge in [-0.1, -0.05) is 90.7 Å². The standard InChI is InChI=1S/C76H91NO9/c1-77-65-36-59-48(15-8-17-52(59)40-78)14-5-6-24-71-25-23-66-70(42-79)41-72-54(31-53-30-49(21-22-62(53)72)47-12-3-2-4-13-47)33-57-29-45-11-7-10-44(26-45)27-46-19-20-51(28-46)58-18-9-16-50-32-64(69(72)85-57)76(70,84)56(35-60(50)58)38-74(66,82)75(71,83)39-55-34-61(65)68-63(37-67(81)86-68)73(55,71)43-80/h2-4,7-13,15-17,26,37,42,46,49-51,53-58,60-62,64-66,68-69,77-78,80,82-84H,6,18-25,27-36,38-41,43H2,1H3/t46-,49+,50-,51+,53+,54-,55+,56+,57-,58-,60+,61+,62+,64-,65+,66-,68+,69-,70+,71-,72+,73-,74+,75-,76+/m1/s1. The van der Waals surface area contributed by atoms with Crippen molar-refractivity contribution in [3.63, 3.8) is 0 Å². The average molecular weight is 1160 g/mol. The normalized spacial score (nSPS) is 49.6. The van der Waals surface area contributed by atoms with Gasteiger partial charge < -0.3 is 45.1 Å². The van der Waals surface area contributed by atoms with Crippen molar-refractivity contribution in [1.29, 1.82) is 0 Å². The molecule has 18 rings (SSSR count). The van der Waals surface area contributed by atoms with E-state index in [9.17, 15) is 15.0 Å². The van der Waals surface area contributed by atoms with E-state index in [2.05, 4.69) is 83.9 Å². The van der Waals surface area contributed by atoms with E-state index in [0.29, 0.717) is 81.0 Å². The minimum absolute atomic E-state index is 0.0423. The van der Waals surface area contributed by atoms with Gasteiger partial charge in [0.15, 0.2) is 0 Å². The molecule has 10 nitrogen and oxygen atoms in total. The molecule has 0 aromatic heterocycles. The molecule has 6 N–H and O–H groups in total. The van der Waals surface area contributed by atoms with E-state index in [-0.39, 0.29) is 85.7 Å². The summed E-state index contributed by atoms with van der Waals surface area (Å²) in [5.74, 6) is 7.59. The molecule has 3 aromatic rings. The number of aliphatic hydroxyl groups excluding tert-OH is 2. The Morgan fingerprint density at radius 2 is 1.60 bits per heavy atom. The molecule has 10 fully saturated rings. The number of benzene rings is 3. The quantitative estimate of drug-likeness (QED) is 0.0627. The molecule has 0 unspecified atom stereocenters. The first-order chi connectivity index (χ1) is 41.8. The van der Waals surface area contributed by atoms with E-state index in [1.807, 2.05) is 25.2 Å². The van der Waals surface area contributed by atoms with Gasteiger partial charge in [-0.3, -0.25) is 0 Å². The zero-order valence-corrected chi connectivity index (χ0v) is 50.5. The first-order valence-corrected chi connectivity index (χ1v) is 34.3. The number of esters is 1. The van der Waals surface area contributed by atoms with Gasteiger partial charge in [0, 0.05) is 58.1 Å². The molecule has 14 bridgehead atoms. The van der Waals surface area contributed by atoms with Crippen molar-refractivity contribution in [2.24, 2.45) is 98.6 Å². The zero-order valence-electron chi connectivity index (χ0n) is 50.5. The van der Waals surface area contributed by atoms with Crippen molar-refractivity contribution in [3.8, 4) is 11.8 Å². The highest BCUT2D eigenvalue weighted by atomic mass is 16.5. The van der Waals surface area contributed by atoms with Crippen LogP contribution in [0.1, 0.15) is 161 Å². The van der Waals surface area contributed by atoms with E-state index in [0.717, 1.165) is 80.1 Å². The average Bonchev–Trinajstić information content (AvgIpc) is 1.27. The lowest BCUT2D eigenvalue weighted by Crippen LogP contribution is -2.83. The predicted molar refractivity (Wildman–Crippen MR) is 325 cm³/mol. The Bertz CT molecular complexity index is 3370. The third-order valence-corrected chi connectivity index (χ3v) is 29.4. The van der Waals surface area contributed by atoms with E-state index < -0.39 is 62.4 Å². The maximum Gasteiger partial charge on any atom is 0.331 e. The van der Waals surface area contributed by atoms with Crippen LogP contribution in [-0.2, 0) is 44.9 Å². The van der Waals surface area contributed by atoms with Crippen LogP contribution in [0.5, 0.6) is 0 Å². The summed E-state index contributed by atoms with van der Waals surface area (Å²) < 4.78 is 14.6. The fourth-order valence-electron chi connectivity index (χ4n) is 26.6. The van der Waals surface area contributed by atoms with Gasteiger partial charge >= 0.3 is 5.97 Å². The Morgan fingerprint density at radius 1 is 0.767 bits per heavy atom. The number of aliphatic hydroxyl groups is 5. The summed E-state index contributed by atoms with van der Waals surface area (Å²) in [6.07, 6.45) is 23.1. The van der Waals surface area contributed by atoms with Gasteiger partial charge in [0.2, 0.25) is 0 Å². The molecule has 12 aliphatic carbocycles. The number of carbonyl (C=O) groups excluding carboxylic acids is 2. The topological polar surface area (TPSA) is 166 Å². The van der Waals surface area contributed by atoms with Crippen LogP contribution in [-0.4, -0.2) is 92.6 Å². The number of hydrogen-bond donors (Lipinski definition) is 6. The van der Waals surface area contributed by atoms with Crippen LogP contribution in [0, 0.1) is 110 Å². The van der Waals surface area contributed by atoms with Crippen molar-refractivity contribution in [1.82, 2.24) is 5.32 Å². The Labute approximate surface area is 508 Å². The van der Waals surface area contributed by atoms with Gasteiger partial charge in [-0.05, 0) is 246 Å². The molecule has 3 aromatic carbocycles. The van der Waals surface area contributed by atoms with Gasteiger partial charge in [0.1, 0.15) is 18.0 Å². The molecule has 0 radical (unpaired) electrons. The molecular formula is C76H91NO9. The third kappa shape index (κ3) is 7.18. The maximum atomic E-state index is 16.1. The number of carbonyl (C=O) groups is 2. The van der Waals surface area contributed by atoms with Crippen molar-refractivity contribution >= 4 is 12.3 Å². The van der Waals surface area contributed by atoms with Crippen molar-refractivity contribution < 1.29 is 44.6 Å². The fraction of sp³-hybridized carbons (Fsp3) is 0.658. The van der Waals surface area contributed by atoms with Crippen LogP contribution in [0.3, 0.4) is 0 Å². The molecule has 3 aliphatic heterocycles. The van der Waals surface area contributed by atoms with E-state index in [1.165, 1.54) is 42.2 Å². The molecule has 15 aliphatic rings. The summed E-state index contributed by atoms with van der Waals surface area (Å²) in [5, 5.41) is 73.3. The predicted octanol–water partition coefficient (Wildman–Crippen LogP) is 10.3. The molecule has 10 heteroatoms. The summed E-state index contributed by atoms with van der Waals surface area (Å²) in [6, 6.07) is 26.2. The smallest absolute Gasteiger partial charge is 0.331 e. The molecule has 3 heterocycles. The minimum Gasteiger partial charge on any atom is -0.454 e. The lowest BCUT2D eigenvalue weighted by molar-refractivity contribution is -0.373. The summed E-state index contributed by atoms with van der Waals surface area (Å²) in [7, 11) is 1.94. The summed E-state index contributed by atoms with van der Waals surface area (Å²) in [5.41, 5.74) is -2.00. The second-order valence-corrected chi connectivity index (χ2v) is 31.6. The Hall–Kier alpha value is -4.44. The first-order valence-electron chi connectivity index (χ1n) is 34.3. The van der Waals surface area contributed by atoms with Crippen LogP contribution >= 0.6 is 0 Å².